The normalized spacial score (nSPS) is 13.5. The molecule has 2 aliphatic rings. The Morgan fingerprint density at radius 1 is 0.478 bits per heavy atom. The van der Waals surface area contributed by atoms with Gasteiger partial charge in [-0.15, -0.1) is 10.2 Å². The SMILES string of the molecule is COc1cc2c(cc1OC)C(c1ccc(N)cc1)=NN=C(C)C2.COc1cc2c(cc1OC)C(c1ccc(N)cc1)=NN=C(C)C2. The molecule has 4 N–H and O–H groups in total. The van der Waals surface area contributed by atoms with Crippen molar-refractivity contribution >= 4 is 34.2 Å². The van der Waals surface area contributed by atoms with E-state index in [1.807, 2.05) is 86.6 Å². The van der Waals surface area contributed by atoms with Crippen LogP contribution in [0, 0.1) is 0 Å². The zero-order valence-electron chi connectivity index (χ0n) is 26.9. The summed E-state index contributed by atoms with van der Waals surface area (Å²) < 4.78 is 21.7. The molecule has 0 saturated heterocycles. The van der Waals surface area contributed by atoms with E-state index in [9.17, 15) is 0 Å². The maximum absolute atomic E-state index is 5.78. The first-order valence-electron chi connectivity index (χ1n) is 14.7. The Morgan fingerprint density at radius 2 is 0.804 bits per heavy atom. The van der Waals surface area contributed by atoms with E-state index in [0.717, 1.165) is 80.4 Å². The Kier molecular flexibility index (Phi) is 9.66. The Bertz CT molecular complexity index is 1720. The van der Waals surface area contributed by atoms with Gasteiger partial charge in [-0.1, -0.05) is 24.3 Å². The molecule has 0 aromatic heterocycles. The lowest BCUT2D eigenvalue weighted by molar-refractivity contribution is 0.354. The monoisotopic (exact) mass is 618 g/mol. The van der Waals surface area contributed by atoms with Gasteiger partial charge < -0.3 is 30.4 Å². The number of ether oxygens (including phenoxy) is 4. The summed E-state index contributed by atoms with van der Waals surface area (Å²) >= 11 is 0. The molecular formula is C36H38N6O4. The molecule has 236 valence electrons. The van der Waals surface area contributed by atoms with Crippen LogP contribution < -0.4 is 30.4 Å². The Hall–Kier alpha value is -5.64. The highest BCUT2D eigenvalue weighted by molar-refractivity contribution is 6.16. The van der Waals surface area contributed by atoms with E-state index in [0.29, 0.717) is 23.0 Å². The maximum atomic E-state index is 5.78. The molecule has 10 heteroatoms. The van der Waals surface area contributed by atoms with Gasteiger partial charge in [0.05, 0.1) is 28.4 Å². The lowest BCUT2D eigenvalue weighted by Gasteiger charge is -2.14. The van der Waals surface area contributed by atoms with E-state index in [-0.39, 0.29) is 0 Å². The zero-order chi connectivity index (χ0) is 32.8. The van der Waals surface area contributed by atoms with Crippen molar-refractivity contribution in [1.82, 2.24) is 0 Å². The molecule has 0 radical (unpaired) electrons. The molecule has 4 aromatic rings. The number of methoxy groups -OCH3 is 4. The maximum Gasteiger partial charge on any atom is 0.161 e. The average molecular weight is 619 g/mol. The number of hydrogen-bond donors (Lipinski definition) is 2. The topological polar surface area (TPSA) is 138 Å². The van der Waals surface area contributed by atoms with Gasteiger partial charge >= 0.3 is 0 Å². The average Bonchev–Trinajstić information content (AvgIpc) is 3.33. The molecule has 2 aliphatic heterocycles. The molecule has 0 bridgehead atoms. The number of rotatable bonds is 6. The quantitative estimate of drug-likeness (QED) is 0.250. The van der Waals surface area contributed by atoms with Crippen LogP contribution in [-0.4, -0.2) is 51.3 Å². The summed E-state index contributed by atoms with van der Waals surface area (Å²) in [6.45, 7) is 3.94. The third-order valence-corrected chi connectivity index (χ3v) is 7.63. The van der Waals surface area contributed by atoms with E-state index in [4.69, 9.17) is 30.4 Å². The molecule has 6 rings (SSSR count). The summed E-state index contributed by atoms with van der Waals surface area (Å²) in [5.41, 5.74) is 22.6. The van der Waals surface area contributed by atoms with Crippen LogP contribution in [0.2, 0.25) is 0 Å². The molecule has 0 spiro atoms. The summed E-state index contributed by atoms with van der Waals surface area (Å²) in [6.07, 6.45) is 1.44. The number of anilines is 2. The number of nitrogen functional groups attached to an aromatic ring is 2. The van der Waals surface area contributed by atoms with Gasteiger partial charge in [-0.3, -0.25) is 0 Å². The van der Waals surface area contributed by atoms with Gasteiger partial charge in [0.2, 0.25) is 0 Å². The third-order valence-electron chi connectivity index (χ3n) is 7.63. The summed E-state index contributed by atoms with van der Waals surface area (Å²) in [6, 6.07) is 23.1. The van der Waals surface area contributed by atoms with Crippen LogP contribution in [0.5, 0.6) is 23.0 Å². The highest BCUT2D eigenvalue weighted by Gasteiger charge is 2.21. The van der Waals surface area contributed by atoms with Gasteiger partial charge in [0.1, 0.15) is 11.4 Å². The molecule has 0 unspecified atom stereocenters. The fraction of sp³-hybridized carbons (Fsp3) is 0.222. The van der Waals surface area contributed by atoms with Crippen molar-refractivity contribution in [2.75, 3.05) is 39.9 Å². The molecule has 4 aromatic carbocycles. The number of benzene rings is 4. The number of hydrogen-bond acceptors (Lipinski definition) is 10. The summed E-state index contributed by atoms with van der Waals surface area (Å²) in [5, 5.41) is 17.5. The van der Waals surface area contributed by atoms with Gasteiger partial charge in [-0.2, -0.15) is 10.2 Å². The van der Waals surface area contributed by atoms with E-state index in [1.165, 1.54) is 0 Å². The second kappa shape index (κ2) is 14.0. The van der Waals surface area contributed by atoms with Crippen LogP contribution in [-0.2, 0) is 12.8 Å². The number of fused-ring (bicyclic) bond motifs is 2. The third kappa shape index (κ3) is 6.86. The highest BCUT2D eigenvalue weighted by atomic mass is 16.5. The van der Waals surface area contributed by atoms with Crippen molar-refractivity contribution in [3.05, 3.63) is 106 Å². The lowest BCUT2D eigenvalue weighted by Crippen LogP contribution is -2.08. The Balaban J connectivity index is 0.000000181. The van der Waals surface area contributed by atoms with Gasteiger partial charge in [-0.25, -0.2) is 0 Å². The van der Waals surface area contributed by atoms with Crippen molar-refractivity contribution in [1.29, 1.82) is 0 Å². The van der Waals surface area contributed by atoms with E-state index in [2.05, 4.69) is 20.4 Å². The largest absolute Gasteiger partial charge is 0.493 e. The minimum Gasteiger partial charge on any atom is -0.493 e. The predicted molar refractivity (Wildman–Crippen MR) is 186 cm³/mol. The lowest BCUT2D eigenvalue weighted by atomic mass is 9.94. The first-order valence-corrected chi connectivity index (χ1v) is 14.7. The fourth-order valence-corrected chi connectivity index (χ4v) is 5.28. The van der Waals surface area contributed by atoms with Crippen molar-refractivity contribution in [3.63, 3.8) is 0 Å². The standard InChI is InChI=1S/2C18H19N3O2/c2*1-11-8-13-9-16(22-2)17(23-3)10-15(13)18(21-20-11)12-4-6-14(19)7-5-12/h2*4-7,9-10H,8,19H2,1-3H3. The minimum atomic E-state index is 0.675. The van der Waals surface area contributed by atoms with E-state index in [1.54, 1.807) is 28.4 Å². The van der Waals surface area contributed by atoms with Crippen LogP contribution in [0.1, 0.15) is 47.2 Å². The fourth-order valence-electron chi connectivity index (χ4n) is 5.28. The summed E-state index contributed by atoms with van der Waals surface area (Å²) in [4.78, 5) is 0. The first-order chi connectivity index (χ1) is 22.2. The summed E-state index contributed by atoms with van der Waals surface area (Å²) in [5.74, 6) is 2.76. The summed E-state index contributed by atoms with van der Waals surface area (Å²) in [7, 11) is 6.53. The van der Waals surface area contributed by atoms with Gasteiger partial charge in [0.15, 0.2) is 23.0 Å². The van der Waals surface area contributed by atoms with Crippen LogP contribution >= 0.6 is 0 Å². The van der Waals surface area contributed by atoms with Crippen LogP contribution in [0.15, 0.2) is 93.2 Å². The predicted octanol–water partition coefficient (Wildman–Crippen LogP) is 6.11. The molecule has 0 aliphatic carbocycles. The molecule has 0 saturated carbocycles. The van der Waals surface area contributed by atoms with E-state index >= 15 is 0 Å². The molecule has 0 amide bonds. The van der Waals surface area contributed by atoms with Crippen molar-refractivity contribution < 1.29 is 18.9 Å². The first kappa shape index (κ1) is 31.8. The van der Waals surface area contributed by atoms with E-state index < -0.39 is 0 Å². The molecule has 0 atom stereocenters. The molecule has 2 heterocycles. The Morgan fingerprint density at radius 3 is 1.13 bits per heavy atom. The van der Waals surface area contributed by atoms with Crippen molar-refractivity contribution in [3.8, 4) is 23.0 Å². The molecule has 10 nitrogen and oxygen atoms in total. The molecule has 0 fully saturated rings. The Labute approximate surface area is 269 Å². The minimum absolute atomic E-state index is 0.675. The van der Waals surface area contributed by atoms with Crippen molar-refractivity contribution in [2.45, 2.75) is 26.7 Å². The highest BCUT2D eigenvalue weighted by Crippen LogP contribution is 2.34. The van der Waals surface area contributed by atoms with Crippen LogP contribution in [0.3, 0.4) is 0 Å². The van der Waals surface area contributed by atoms with Crippen LogP contribution in [0.25, 0.3) is 0 Å². The number of nitrogens with zero attached hydrogens (tertiary/aromatic N) is 4. The van der Waals surface area contributed by atoms with Gasteiger partial charge in [0, 0.05) is 57.9 Å². The van der Waals surface area contributed by atoms with Gasteiger partial charge in [-0.05, 0) is 73.5 Å². The molecular weight excluding hydrogens is 580 g/mol. The van der Waals surface area contributed by atoms with Crippen LogP contribution in [0.4, 0.5) is 11.4 Å². The second-order valence-corrected chi connectivity index (χ2v) is 10.9. The molecule has 46 heavy (non-hydrogen) atoms. The van der Waals surface area contributed by atoms with Gasteiger partial charge in [0.25, 0.3) is 0 Å². The zero-order valence-corrected chi connectivity index (χ0v) is 26.9. The number of nitrogens with two attached hydrogens (primary N) is 2. The van der Waals surface area contributed by atoms with Crippen molar-refractivity contribution in [2.24, 2.45) is 20.4 Å². The second-order valence-electron chi connectivity index (χ2n) is 10.9. The smallest absolute Gasteiger partial charge is 0.161 e.